The molecule has 2 N–H and O–H groups in total. The Morgan fingerprint density at radius 3 is 2.48 bits per heavy atom. The fraction of sp³-hybridized carbons (Fsp3) is 0.778. The van der Waals surface area contributed by atoms with E-state index in [-0.39, 0.29) is 35.7 Å². The molecule has 142 valence electrons. The van der Waals surface area contributed by atoms with Crippen LogP contribution in [0.2, 0.25) is 0 Å². The number of thioether (sulfide) groups is 1. The standard InChI is InChI=1S/C18H30N2O4S/c1-4-14(21)13(19)11-25-16-10-17(23)20(18(16)24)9-7-5-6-8-15(22)12(2)3/h12-13,16H,4-11,19H2,1-3H3/t13-,16?/m0/s1. The number of hydrogen-bond donors (Lipinski definition) is 1. The van der Waals surface area contributed by atoms with Gasteiger partial charge in [-0.05, 0) is 12.8 Å². The van der Waals surface area contributed by atoms with Gasteiger partial charge in [-0.2, -0.15) is 0 Å². The van der Waals surface area contributed by atoms with E-state index in [1.165, 1.54) is 16.7 Å². The van der Waals surface area contributed by atoms with Crippen LogP contribution in [0.15, 0.2) is 0 Å². The summed E-state index contributed by atoms with van der Waals surface area (Å²) in [5, 5.41) is -0.425. The van der Waals surface area contributed by atoms with Gasteiger partial charge in [-0.1, -0.05) is 27.2 Å². The average Bonchev–Trinajstić information content (AvgIpc) is 2.85. The molecule has 0 aromatic carbocycles. The molecule has 0 radical (unpaired) electrons. The van der Waals surface area contributed by atoms with Crippen LogP contribution >= 0.6 is 11.8 Å². The van der Waals surface area contributed by atoms with Crippen LogP contribution in [0.3, 0.4) is 0 Å². The molecule has 0 spiro atoms. The first-order chi connectivity index (χ1) is 11.8. The van der Waals surface area contributed by atoms with Gasteiger partial charge < -0.3 is 5.73 Å². The molecule has 1 aliphatic rings. The Hall–Kier alpha value is -1.21. The highest BCUT2D eigenvalue weighted by molar-refractivity contribution is 8.00. The summed E-state index contributed by atoms with van der Waals surface area (Å²) in [5.41, 5.74) is 5.77. The quantitative estimate of drug-likeness (QED) is 0.416. The highest BCUT2D eigenvalue weighted by Crippen LogP contribution is 2.26. The molecule has 2 atom stereocenters. The minimum atomic E-state index is -0.578. The minimum Gasteiger partial charge on any atom is -0.321 e. The van der Waals surface area contributed by atoms with Crippen LogP contribution in [0, 0.1) is 5.92 Å². The number of carbonyl (C=O) groups excluding carboxylic acids is 4. The average molecular weight is 371 g/mol. The molecule has 0 aromatic heterocycles. The van der Waals surface area contributed by atoms with Crippen molar-refractivity contribution in [2.24, 2.45) is 11.7 Å². The molecule has 1 aliphatic heterocycles. The van der Waals surface area contributed by atoms with Crippen molar-refractivity contribution < 1.29 is 19.2 Å². The van der Waals surface area contributed by atoms with Gasteiger partial charge in [0.05, 0.1) is 11.3 Å². The van der Waals surface area contributed by atoms with Crippen LogP contribution in [0.4, 0.5) is 0 Å². The smallest absolute Gasteiger partial charge is 0.242 e. The summed E-state index contributed by atoms with van der Waals surface area (Å²) in [7, 11) is 0. The second-order valence-electron chi connectivity index (χ2n) is 6.77. The summed E-state index contributed by atoms with van der Waals surface area (Å²) in [5.74, 6) is 0.312. The summed E-state index contributed by atoms with van der Waals surface area (Å²) in [6.45, 7) is 5.95. The summed E-state index contributed by atoms with van der Waals surface area (Å²) >= 11 is 1.30. The Balaban J connectivity index is 2.32. The van der Waals surface area contributed by atoms with Crippen molar-refractivity contribution in [1.82, 2.24) is 4.90 Å². The lowest BCUT2D eigenvalue weighted by Gasteiger charge is -2.15. The molecule has 1 heterocycles. The van der Waals surface area contributed by atoms with E-state index in [2.05, 4.69) is 0 Å². The molecule has 0 bridgehead atoms. The zero-order valence-corrected chi connectivity index (χ0v) is 16.3. The molecule has 25 heavy (non-hydrogen) atoms. The van der Waals surface area contributed by atoms with Crippen LogP contribution in [-0.2, 0) is 19.2 Å². The maximum absolute atomic E-state index is 12.3. The largest absolute Gasteiger partial charge is 0.321 e. The van der Waals surface area contributed by atoms with Crippen molar-refractivity contribution >= 4 is 35.1 Å². The first kappa shape index (κ1) is 21.8. The molecule has 1 unspecified atom stereocenters. The molecule has 1 rings (SSSR count). The van der Waals surface area contributed by atoms with Crippen molar-refractivity contribution in [2.75, 3.05) is 12.3 Å². The topological polar surface area (TPSA) is 97.5 Å². The molecule has 0 aliphatic carbocycles. The van der Waals surface area contributed by atoms with Crippen molar-refractivity contribution in [3.05, 3.63) is 0 Å². The molecule has 2 amide bonds. The van der Waals surface area contributed by atoms with Gasteiger partial charge in [0, 0.05) is 37.5 Å². The van der Waals surface area contributed by atoms with E-state index in [9.17, 15) is 19.2 Å². The second kappa shape index (κ2) is 10.7. The number of amides is 2. The predicted octanol–water partition coefficient (Wildman–Crippen LogP) is 1.94. The number of unbranched alkanes of at least 4 members (excludes halogenated alkanes) is 2. The third-order valence-electron chi connectivity index (χ3n) is 4.39. The van der Waals surface area contributed by atoms with Gasteiger partial charge >= 0.3 is 0 Å². The number of nitrogens with zero attached hydrogens (tertiary/aromatic N) is 1. The molecular weight excluding hydrogens is 340 g/mol. The molecular formula is C18H30N2O4S. The number of ketones is 2. The Labute approximate surface area is 154 Å². The highest BCUT2D eigenvalue weighted by Gasteiger charge is 2.38. The lowest BCUT2D eigenvalue weighted by Crippen LogP contribution is -2.35. The van der Waals surface area contributed by atoms with Gasteiger partial charge in [-0.15, -0.1) is 11.8 Å². The third kappa shape index (κ3) is 6.90. The van der Waals surface area contributed by atoms with E-state index in [1.807, 2.05) is 13.8 Å². The van der Waals surface area contributed by atoms with Crippen molar-refractivity contribution in [1.29, 1.82) is 0 Å². The van der Waals surface area contributed by atoms with Gasteiger partial charge in [0.1, 0.15) is 11.6 Å². The molecule has 0 saturated carbocycles. The van der Waals surface area contributed by atoms with Crippen molar-refractivity contribution in [3.63, 3.8) is 0 Å². The van der Waals surface area contributed by atoms with E-state index < -0.39 is 11.3 Å². The summed E-state index contributed by atoms with van der Waals surface area (Å²) in [6.07, 6.45) is 3.45. The second-order valence-corrected chi connectivity index (χ2v) is 8.00. The van der Waals surface area contributed by atoms with E-state index in [0.717, 1.165) is 12.8 Å². The Morgan fingerprint density at radius 2 is 1.88 bits per heavy atom. The number of hydrogen-bond acceptors (Lipinski definition) is 6. The van der Waals surface area contributed by atoms with Gasteiger partial charge in [0.15, 0.2) is 0 Å². The number of nitrogens with two attached hydrogens (primary N) is 1. The number of likely N-dealkylation sites (tertiary alicyclic amines) is 1. The monoisotopic (exact) mass is 370 g/mol. The number of carbonyl (C=O) groups is 4. The maximum Gasteiger partial charge on any atom is 0.242 e. The van der Waals surface area contributed by atoms with Crippen LogP contribution in [0.5, 0.6) is 0 Å². The number of Topliss-reactive ketones (excluding diaryl/α,β-unsaturated/α-hetero) is 2. The van der Waals surface area contributed by atoms with Crippen LogP contribution in [0.1, 0.15) is 59.3 Å². The molecule has 7 heteroatoms. The first-order valence-electron chi connectivity index (χ1n) is 9.04. The minimum absolute atomic E-state index is 0.0305. The summed E-state index contributed by atoms with van der Waals surface area (Å²) in [4.78, 5) is 48.7. The van der Waals surface area contributed by atoms with Crippen LogP contribution in [-0.4, -0.2) is 51.9 Å². The van der Waals surface area contributed by atoms with Gasteiger partial charge in [-0.25, -0.2) is 0 Å². The van der Waals surface area contributed by atoms with E-state index in [1.54, 1.807) is 6.92 Å². The third-order valence-corrected chi connectivity index (χ3v) is 5.71. The van der Waals surface area contributed by atoms with Crippen molar-refractivity contribution in [2.45, 2.75) is 70.6 Å². The molecule has 1 saturated heterocycles. The number of imide groups is 1. The van der Waals surface area contributed by atoms with Gasteiger partial charge in [-0.3, -0.25) is 24.1 Å². The lowest BCUT2D eigenvalue weighted by molar-refractivity contribution is -0.138. The Morgan fingerprint density at radius 1 is 1.20 bits per heavy atom. The molecule has 6 nitrogen and oxygen atoms in total. The molecule has 0 aromatic rings. The highest BCUT2D eigenvalue weighted by atomic mass is 32.2. The number of rotatable bonds is 12. The molecule has 1 fully saturated rings. The fourth-order valence-corrected chi connectivity index (χ4v) is 3.78. The van der Waals surface area contributed by atoms with Crippen LogP contribution < -0.4 is 5.73 Å². The fourth-order valence-electron chi connectivity index (χ4n) is 2.63. The van der Waals surface area contributed by atoms with Gasteiger partial charge in [0.25, 0.3) is 0 Å². The zero-order valence-electron chi connectivity index (χ0n) is 15.5. The SMILES string of the molecule is CCC(=O)[C@@H](N)CSC1CC(=O)N(CCCCCC(=O)C(C)C)C1=O. The van der Waals surface area contributed by atoms with Crippen molar-refractivity contribution in [3.8, 4) is 0 Å². The normalized spacial score (nSPS) is 18.9. The maximum atomic E-state index is 12.3. The van der Waals surface area contributed by atoms with Crippen LogP contribution in [0.25, 0.3) is 0 Å². The Bertz CT molecular complexity index is 507. The lowest BCUT2D eigenvalue weighted by atomic mass is 10.0. The van der Waals surface area contributed by atoms with E-state index in [0.29, 0.717) is 31.6 Å². The predicted molar refractivity (Wildman–Crippen MR) is 99.2 cm³/mol. The summed E-state index contributed by atoms with van der Waals surface area (Å²) in [6, 6.07) is -0.578. The first-order valence-corrected chi connectivity index (χ1v) is 10.1. The zero-order chi connectivity index (χ0) is 19.0. The Kier molecular flexibility index (Phi) is 9.35. The van der Waals surface area contributed by atoms with Gasteiger partial charge in [0.2, 0.25) is 11.8 Å². The van der Waals surface area contributed by atoms with E-state index >= 15 is 0 Å². The summed E-state index contributed by atoms with van der Waals surface area (Å²) < 4.78 is 0. The van der Waals surface area contributed by atoms with E-state index in [4.69, 9.17) is 5.73 Å².